The minimum atomic E-state index is -8.54. The molecule has 0 saturated carbocycles. The van der Waals surface area contributed by atoms with Crippen molar-refractivity contribution in [2.24, 2.45) is 0 Å². The molecule has 0 saturated heterocycles. The van der Waals surface area contributed by atoms with Crippen LogP contribution in [-0.2, 0) is 5.41 Å². The fourth-order valence-electron chi connectivity index (χ4n) is 1.21. The molecule has 0 aromatic heterocycles. The van der Waals surface area contributed by atoms with Gasteiger partial charge >= 0.3 is 0 Å². The first-order chi connectivity index (χ1) is 6.70. The zero-order valence-electron chi connectivity index (χ0n) is 9.11. The highest BCUT2D eigenvalue weighted by Crippen LogP contribution is 3.04. The summed E-state index contributed by atoms with van der Waals surface area (Å²) in [6, 6.07) is 3.87. The summed E-state index contributed by atoms with van der Waals surface area (Å²) in [5.74, 6) is 0. The molecule has 0 aliphatic rings. The summed E-state index contributed by atoms with van der Waals surface area (Å²) < 4.78 is 51.2. The van der Waals surface area contributed by atoms with Crippen molar-refractivity contribution >= 4 is 19.7 Å². The highest BCUT2D eigenvalue weighted by molar-refractivity contribution is 8.65. The highest BCUT2D eigenvalue weighted by Gasteiger charge is 2.62. The van der Waals surface area contributed by atoms with Crippen molar-refractivity contribution in [2.45, 2.75) is 31.1 Å². The first kappa shape index (κ1) is 13.6. The van der Waals surface area contributed by atoms with E-state index in [2.05, 4.69) is 10.7 Å². The van der Waals surface area contributed by atoms with Gasteiger partial charge in [-0.2, -0.15) is 0 Å². The molecule has 0 fully saturated rings. The third kappa shape index (κ3) is 3.28. The molecule has 1 aromatic rings. The molecule has 0 aliphatic heterocycles. The molecule has 0 spiro atoms. The lowest BCUT2D eigenvalue weighted by Gasteiger charge is -2.42. The molecule has 0 amide bonds. The van der Waals surface area contributed by atoms with Gasteiger partial charge < -0.3 is 0 Å². The first-order valence-electron chi connectivity index (χ1n) is 4.55. The van der Waals surface area contributed by atoms with Crippen molar-refractivity contribution in [2.75, 3.05) is 0 Å². The van der Waals surface area contributed by atoms with Crippen LogP contribution < -0.4 is 0 Å². The van der Waals surface area contributed by atoms with Crippen LogP contribution >= 0.6 is 19.7 Å². The minimum Gasteiger partial charge on any atom is -0.107 e. The monoisotopic (exact) mass is 276 g/mol. The van der Waals surface area contributed by atoms with E-state index < -0.39 is 13.9 Å². The van der Waals surface area contributed by atoms with Gasteiger partial charge in [0.25, 0.3) is 9.05 Å². The van der Waals surface area contributed by atoms with E-state index >= 15 is 0 Å². The second-order valence-electron chi connectivity index (χ2n) is 4.74. The van der Waals surface area contributed by atoms with Gasteiger partial charge in [-0.05, 0) is 23.1 Å². The van der Waals surface area contributed by atoms with Gasteiger partial charge in [0.15, 0.2) is 0 Å². The van der Waals surface area contributed by atoms with Crippen LogP contribution in [0.4, 0.5) is 15.5 Å². The molecule has 0 N–H and O–H groups in total. The summed E-state index contributed by atoms with van der Waals surface area (Å²) >= 11 is 0. The Bertz CT molecular complexity index is 398. The molecule has 0 heterocycles. The minimum absolute atomic E-state index is 0.285. The van der Waals surface area contributed by atoms with Gasteiger partial charge in [0, 0.05) is 10.7 Å². The molecule has 6 heteroatoms. The van der Waals surface area contributed by atoms with E-state index in [-0.39, 0.29) is 5.41 Å². The summed E-state index contributed by atoms with van der Waals surface area (Å²) in [6.45, 7) is 5.56. The lowest BCUT2D eigenvalue weighted by atomic mass is 9.87. The van der Waals surface area contributed by atoms with Crippen molar-refractivity contribution in [3.8, 4) is 0 Å². The molecule has 16 heavy (non-hydrogen) atoms. The smallest absolute Gasteiger partial charge is 0.107 e. The molecule has 94 valence electrons. The third-order valence-electron chi connectivity index (χ3n) is 2.17. The molecule has 0 atom stereocenters. The molecule has 0 aliphatic carbocycles. The van der Waals surface area contributed by atoms with E-state index in [4.69, 9.17) is 0 Å². The van der Waals surface area contributed by atoms with Gasteiger partial charge in [0.1, 0.15) is 0 Å². The van der Waals surface area contributed by atoms with Crippen molar-refractivity contribution in [3.05, 3.63) is 29.8 Å². The summed E-state index contributed by atoms with van der Waals surface area (Å²) in [5.41, 5.74) is 0.404. The number of hydrogen-bond donors (Lipinski definition) is 0. The molecule has 1 aromatic carbocycles. The largest absolute Gasteiger partial charge is 0.253 e. The van der Waals surface area contributed by atoms with Crippen LogP contribution in [0.3, 0.4) is 0 Å². The Morgan fingerprint density at radius 2 is 1.31 bits per heavy atom. The Morgan fingerprint density at radius 3 is 1.56 bits per heavy atom. The number of rotatable bonds is 1. The summed E-state index contributed by atoms with van der Waals surface area (Å²) in [6.07, 6.45) is 0. The van der Waals surface area contributed by atoms with Crippen LogP contribution in [0.1, 0.15) is 26.3 Å². The number of hydrogen-bond acceptors (Lipinski definition) is 0. The molecule has 0 nitrogen and oxygen atoms in total. The Kier molecular flexibility index (Phi) is 2.45. The van der Waals surface area contributed by atoms with Crippen molar-refractivity contribution in [1.82, 2.24) is 0 Å². The van der Waals surface area contributed by atoms with Gasteiger partial charge in [-0.1, -0.05) is 32.9 Å². The average Bonchev–Trinajstić information content (AvgIpc) is 1.99. The second kappa shape index (κ2) is 2.88. The maximum Gasteiger partial charge on any atom is 0.253 e. The van der Waals surface area contributed by atoms with Crippen LogP contribution in [0.15, 0.2) is 29.2 Å². The average molecular weight is 277 g/mol. The van der Waals surface area contributed by atoms with E-state index in [0.717, 1.165) is 0 Å². The van der Waals surface area contributed by atoms with Gasteiger partial charge in [-0.25, -0.2) is 0 Å². The fraction of sp³-hybridized carbons (Fsp3) is 0.400. The zero-order valence-corrected chi connectivity index (χ0v) is 10.7. The summed E-state index contributed by atoms with van der Waals surface area (Å²) in [5, 5.41) is 0. The molecule has 1 rings (SSSR count). The van der Waals surface area contributed by atoms with Crippen molar-refractivity contribution in [3.63, 3.8) is 0 Å². The molecule has 0 radical (unpaired) electrons. The molecular formula is C10H13ClF4S. The van der Waals surface area contributed by atoms with Crippen LogP contribution in [0.5, 0.6) is 0 Å². The van der Waals surface area contributed by atoms with Gasteiger partial charge in [0.2, 0.25) is 0 Å². The summed E-state index contributed by atoms with van der Waals surface area (Å²) in [4.78, 5) is -1.41. The normalized spacial score (nSPS) is 17.8. The SMILES string of the molecule is CC(C)(C)c1ccc(S(F)(F)(F)(F)Cl)cc1. The topological polar surface area (TPSA) is 0 Å². The molecule has 0 unspecified atom stereocenters. The van der Waals surface area contributed by atoms with E-state index in [0.29, 0.717) is 17.7 Å². The standard InChI is InChI=1S/C10H13ClF4S/c1-10(2,3)8-4-6-9(7-5-8)16(11,12,13,14)15/h4-7H,1-3H3. The Balaban J connectivity index is 3.27. The van der Waals surface area contributed by atoms with Crippen molar-refractivity contribution < 1.29 is 15.5 Å². The van der Waals surface area contributed by atoms with E-state index in [9.17, 15) is 15.5 Å². The predicted molar refractivity (Wildman–Crippen MR) is 61.3 cm³/mol. The van der Waals surface area contributed by atoms with Crippen LogP contribution in [0.2, 0.25) is 0 Å². The molecule has 0 bridgehead atoms. The number of benzene rings is 1. The second-order valence-corrected chi connectivity index (χ2v) is 9.02. The lowest BCUT2D eigenvalue weighted by Crippen LogP contribution is -2.12. The van der Waals surface area contributed by atoms with Crippen LogP contribution in [0.25, 0.3) is 0 Å². The van der Waals surface area contributed by atoms with Gasteiger partial charge in [-0.3, -0.25) is 0 Å². The highest BCUT2D eigenvalue weighted by atomic mass is 35.7. The third-order valence-corrected chi connectivity index (χ3v) is 3.86. The lowest BCUT2D eigenvalue weighted by molar-refractivity contribution is 0.479. The molecular weight excluding hydrogens is 264 g/mol. The van der Waals surface area contributed by atoms with Crippen LogP contribution in [-0.4, -0.2) is 0 Å². The Morgan fingerprint density at radius 1 is 0.938 bits per heavy atom. The summed E-state index contributed by atoms with van der Waals surface area (Å²) in [7, 11) is -4.36. The van der Waals surface area contributed by atoms with Crippen molar-refractivity contribution in [1.29, 1.82) is 0 Å². The maximum absolute atomic E-state index is 12.8. The van der Waals surface area contributed by atoms with Gasteiger partial charge in [-0.15, -0.1) is 15.5 Å². The van der Waals surface area contributed by atoms with Crippen LogP contribution in [0, 0.1) is 0 Å². The zero-order chi connectivity index (χ0) is 12.9. The Hall–Kier alpha value is -0.420. The van der Waals surface area contributed by atoms with E-state index in [1.54, 1.807) is 0 Å². The quantitative estimate of drug-likeness (QED) is 0.559. The number of halogens is 5. The fourth-order valence-corrected chi connectivity index (χ4v) is 2.17. The first-order valence-corrected chi connectivity index (χ1v) is 7.42. The maximum atomic E-state index is 12.8. The predicted octanol–water partition coefficient (Wildman–Crippen LogP) is 5.91. The van der Waals surface area contributed by atoms with E-state index in [1.807, 2.05) is 20.8 Å². The van der Waals surface area contributed by atoms with E-state index in [1.165, 1.54) is 12.1 Å². The van der Waals surface area contributed by atoms with Gasteiger partial charge in [0.05, 0.1) is 4.90 Å². The Labute approximate surface area is 96.5 Å².